The molecule has 0 aromatic carbocycles. The van der Waals surface area contributed by atoms with Crippen LogP contribution in [0.3, 0.4) is 0 Å². The van der Waals surface area contributed by atoms with E-state index in [1.807, 2.05) is 0 Å². The van der Waals surface area contributed by atoms with Crippen molar-refractivity contribution in [3.05, 3.63) is 0 Å². The van der Waals surface area contributed by atoms with Crippen molar-refractivity contribution >= 4 is 0 Å². The lowest BCUT2D eigenvalue weighted by molar-refractivity contribution is -0.106. The predicted molar refractivity (Wildman–Crippen MR) is 41.8 cm³/mol. The summed E-state index contributed by atoms with van der Waals surface area (Å²) in [4.78, 5) is 2.24. The van der Waals surface area contributed by atoms with Crippen LogP contribution < -0.4 is 0 Å². The smallest absolute Gasteiger partial charge is 0.0993 e. The van der Waals surface area contributed by atoms with E-state index in [1.54, 1.807) is 0 Å². The van der Waals surface area contributed by atoms with Gasteiger partial charge in [-0.25, -0.2) is 0 Å². The predicted octanol–water partition coefficient (Wildman–Crippen LogP) is 1.32. The molecule has 0 N–H and O–H groups in total. The second-order valence-corrected chi connectivity index (χ2v) is 3.36. The monoisotopic (exact) mass is 143 g/mol. The van der Waals surface area contributed by atoms with Gasteiger partial charge in [-0.3, -0.25) is 4.90 Å². The van der Waals surface area contributed by atoms with Crippen molar-refractivity contribution in [2.45, 2.75) is 32.9 Å². The lowest BCUT2D eigenvalue weighted by atomic mass is 9.96. The minimum absolute atomic E-state index is 0.422. The Balaban J connectivity index is 2.52. The van der Waals surface area contributed by atoms with Crippen LogP contribution in [0.2, 0.25) is 0 Å². The van der Waals surface area contributed by atoms with Crippen LogP contribution in [-0.4, -0.2) is 30.8 Å². The minimum atomic E-state index is 0.422. The van der Waals surface area contributed by atoms with E-state index < -0.39 is 0 Å². The molecule has 0 aromatic rings. The molecule has 1 heterocycles. The Morgan fingerprint density at radius 3 is 2.40 bits per heavy atom. The Labute approximate surface area is 63.2 Å². The molecule has 10 heavy (non-hydrogen) atoms. The molecular formula is C8H17NO. The average Bonchev–Trinajstić information content (AvgIpc) is 1.93. The Bertz CT molecular complexity index is 102. The van der Waals surface area contributed by atoms with Crippen molar-refractivity contribution in [1.29, 1.82) is 0 Å². The molecule has 0 amide bonds. The average molecular weight is 143 g/mol. The van der Waals surface area contributed by atoms with Crippen LogP contribution >= 0.6 is 0 Å². The van der Waals surface area contributed by atoms with Crippen LogP contribution in [-0.2, 0) is 4.74 Å². The number of ether oxygens (including phenoxy) is 1. The largest absolute Gasteiger partial charge is 0.363 e. The Kier molecular flexibility index (Phi) is 2.32. The van der Waals surface area contributed by atoms with E-state index in [2.05, 4.69) is 32.7 Å². The molecule has 1 saturated heterocycles. The zero-order valence-corrected chi connectivity index (χ0v) is 7.29. The highest BCUT2D eigenvalue weighted by Gasteiger charge is 2.27. The molecule has 60 valence electrons. The Morgan fingerprint density at radius 2 is 1.90 bits per heavy atom. The van der Waals surface area contributed by atoms with Crippen molar-refractivity contribution < 1.29 is 4.74 Å². The summed E-state index contributed by atoms with van der Waals surface area (Å²) >= 11 is 0. The summed E-state index contributed by atoms with van der Waals surface area (Å²) in [5, 5.41) is 0. The van der Waals surface area contributed by atoms with Crippen molar-refractivity contribution in [2.24, 2.45) is 5.92 Å². The van der Waals surface area contributed by atoms with Gasteiger partial charge in [0, 0.05) is 6.04 Å². The standard InChI is InChI=1S/C8H17NO/c1-6-7(2)9(4)5-10-8(6)3/h6-8H,5H2,1-4H3/t6-,7+,8-/m1/s1. The second kappa shape index (κ2) is 2.89. The van der Waals surface area contributed by atoms with Gasteiger partial charge < -0.3 is 4.74 Å². The number of hydrogen-bond donors (Lipinski definition) is 0. The van der Waals surface area contributed by atoms with Gasteiger partial charge in [-0.15, -0.1) is 0 Å². The lowest BCUT2D eigenvalue weighted by Gasteiger charge is -2.39. The first-order valence-corrected chi connectivity index (χ1v) is 3.94. The summed E-state index contributed by atoms with van der Waals surface area (Å²) in [6.45, 7) is 7.43. The summed E-state index contributed by atoms with van der Waals surface area (Å²) in [5.74, 6) is 0.652. The highest BCUT2D eigenvalue weighted by molar-refractivity contribution is 4.77. The molecule has 1 aliphatic heterocycles. The van der Waals surface area contributed by atoms with Crippen LogP contribution in [0, 0.1) is 5.92 Å². The fraction of sp³-hybridized carbons (Fsp3) is 1.00. The number of hydrogen-bond acceptors (Lipinski definition) is 2. The van der Waals surface area contributed by atoms with Gasteiger partial charge in [0.2, 0.25) is 0 Å². The van der Waals surface area contributed by atoms with Gasteiger partial charge in [0.1, 0.15) is 0 Å². The van der Waals surface area contributed by atoms with E-state index in [4.69, 9.17) is 4.74 Å². The molecular weight excluding hydrogens is 126 g/mol. The van der Waals surface area contributed by atoms with Gasteiger partial charge in [-0.1, -0.05) is 6.92 Å². The maximum atomic E-state index is 5.50. The molecule has 0 radical (unpaired) electrons. The SMILES string of the molecule is C[C@H]1[C@@H](C)OCN(C)[C@H]1C. The molecule has 0 aromatic heterocycles. The number of rotatable bonds is 0. The molecule has 0 bridgehead atoms. The minimum Gasteiger partial charge on any atom is -0.363 e. The molecule has 2 nitrogen and oxygen atoms in total. The molecule has 0 aliphatic carbocycles. The molecule has 1 fully saturated rings. The van der Waals surface area contributed by atoms with E-state index in [9.17, 15) is 0 Å². The topological polar surface area (TPSA) is 12.5 Å². The lowest BCUT2D eigenvalue weighted by Crippen LogP contribution is -2.47. The van der Waals surface area contributed by atoms with E-state index in [0.29, 0.717) is 18.1 Å². The van der Waals surface area contributed by atoms with E-state index in [-0.39, 0.29) is 0 Å². The first kappa shape index (κ1) is 8.02. The van der Waals surface area contributed by atoms with Crippen LogP contribution in [0.25, 0.3) is 0 Å². The fourth-order valence-corrected chi connectivity index (χ4v) is 1.30. The van der Waals surface area contributed by atoms with Gasteiger partial charge in [0.15, 0.2) is 0 Å². The first-order chi connectivity index (χ1) is 4.63. The molecule has 0 unspecified atom stereocenters. The highest BCUT2D eigenvalue weighted by Crippen LogP contribution is 2.20. The zero-order valence-electron chi connectivity index (χ0n) is 7.29. The Hall–Kier alpha value is -0.0800. The maximum Gasteiger partial charge on any atom is 0.0993 e. The third-order valence-electron chi connectivity index (χ3n) is 2.74. The fourth-order valence-electron chi connectivity index (χ4n) is 1.30. The van der Waals surface area contributed by atoms with E-state index in [0.717, 1.165) is 6.73 Å². The quantitative estimate of drug-likeness (QED) is 0.507. The highest BCUT2D eigenvalue weighted by atomic mass is 16.5. The third-order valence-corrected chi connectivity index (χ3v) is 2.74. The molecule has 1 rings (SSSR count). The van der Waals surface area contributed by atoms with Crippen LogP contribution in [0.4, 0.5) is 0 Å². The molecule has 3 atom stereocenters. The van der Waals surface area contributed by atoms with Crippen molar-refractivity contribution in [3.8, 4) is 0 Å². The normalized spacial score (nSPS) is 43.8. The summed E-state index contributed by atoms with van der Waals surface area (Å²) in [7, 11) is 2.10. The summed E-state index contributed by atoms with van der Waals surface area (Å²) in [5.41, 5.74) is 0. The van der Waals surface area contributed by atoms with Crippen LogP contribution in [0.15, 0.2) is 0 Å². The maximum absolute atomic E-state index is 5.50. The molecule has 0 spiro atoms. The number of nitrogens with zero attached hydrogens (tertiary/aromatic N) is 1. The Morgan fingerprint density at radius 1 is 1.30 bits per heavy atom. The van der Waals surface area contributed by atoms with Crippen molar-refractivity contribution in [1.82, 2.24) is 4.90 Å². The van der Waals surface area contributed by atoms with Crippen molar-refractivity contribution in [2.75, 3.05) is 13.8 Å². The van der Waals surface area contributed by atoms with Crippen molar-refractivity contribution in [3.63, 3.8) is 0 Å². The van der Waals surface area contributed by atoms with Gasteiger partial charge in [0.25, 0.3) is 0 Å². The first-order valence-electron chi connectivity index (χ1n) is 3.94. The van der Waals surface area contributed by atoms with Crippen LogP contribution in [0.1, 0.15) is 20.8 Å². The molecule has 1 aliphatic rings. The molecule has 2 heteroatoms. The third kappa shape index (κ3) is 1.32. The summed E-state index contributed by atoms with van der Waals surface area (Å²) in [6.07, 6.45) is 0.422. The van der Waals surface area contributed by atoms with Gasteiger partial charge in [-0.2, -0.15) is 0 Å². The zero-order chi connectivity index (χ0) is 7.72. The summed E-state index contributed by atoms with van der Waals surface area (Å²) < 4.78 is 5.50. The van der Waals surface area contributed by atoms with Gasteiger partial charge >= 0.3 is 0 Å². The second-order valence-electron chi connectivity index (χ2n) is 3.36. The van der Waals surface area contributed by atoms with Crippen LogP contribution in [0.5, 0.6) is 0 Å². The van der Waals surface area contributed by atoms with Gasteiger partial charge in [0.05, 0.1) is 12.8 Å². The van der Waals surface area contributed by atoms with E-state index in [1.165, 1.54) is 0 Å². The van der Waals surface area contributed by atoms with E-state index >= 15 is 0 Å². The van der Waals surface area contributed by atoms with Gasteiger partial charge in [-0.05, 0) is 26.8 Å². The molecule has 0 saturated carbocycles. The summed E-state index contributed by atoms with van der Waals surface area (Å²) in [6, 6.07) is 0.656.